The molecule has 1 N–H and O–H groups in total. The Morgan fingerprint density at radius 3 is 2.15 bits per heavy atom. The summed E-state index contributed by atoms with van der Waals surface area (Å²) in [6.45, 7) is 2.89. The van der Waals surface area contributed by atoms with Gasteiger partial charge < -0.3 is 15.4 Å². The van der Waals surface area contributed by atoms with Crippen LogP contribution >= 0.6 is 0 Å². The van der Waals surface area contributed by atoms with Gasteiger partial charge in [-0.2, -0.15) is 18.0 Å². The largest absolute Gasteiger partial charge is 0.457 e. The highest BCUT2D eigenvalue weighted by molar-refractivity contribution is 6.62. The van der Waals surface area contributed by atoms with E-state index in [1.165, 1.54) is 13.8 Å². The highest BCUT2D eigenvalue weighted by Crippen LogP contribution is 2.38. The summed E-state index contributed by atoms with van der Waals surface area (Å²) in [4.78, 5) is 25.6. The third-order valence-electron chi connectivity index (χ3n) is 2.78. The van der Waals surface area contributed by atoms with Gasteiger partial charge in [0.25, 0.3) is 5.78 Å². The molecule has 0 aromatic carbocycles. The second kappa shape index (κ2) is 6.62. The molecule has 0 aliphatic rings. The number of ether oxygens (including phenoxy) is 1. The fourth-order valence-electron chi connectivity index (χ4n) is 1.59. The Kier molecular flexibility index (Phi) is 6.05. The van der Waals surface area contributed by atoms with Crippen molar-refractivity contribution in [3.8, 4) is 0 Å². The number of ketones is 1. The Hall–Kier alpha value is -1.73. The third kappa shape index (κ3) is 3.64. The molecule has 6 nitrogen and oxygen atoms in total. The van der Waals surface area contributed by atoms with Crippen LogP contribution in [-0.2, 0) is 14.3 Å². The molecular formula is C11H15F3N2O4. The van der Waals surface area contributed by atoms with Crippen LogP contribution in [-0.4, -0.2) is 45.7 Å². The summed E-state index contributed by atoms with van der Waals surface area (Å²) in [6, 6.07) is 0. The van der Waals surface area contributed by atoms with Crippen LogP contribution in [0, 0.1) is 5.92 Å². The fraction of sp³-hybridized carbons (Fsp3) is 0.727. The topological polar surface area (TPSA) is 100 Å². The quantitative estimate of drug-likeness (QED) is 0.261. The number of halogens is 3. The minimum atomic E-state index is -5.08. The molecule has 0 amide bonds. The second-order valence-corrected chi connectivity index (χ2v) is 4.14. The highest BCUT2D eigenvalue weighted by atomic mass is 19.4. The summed E-state index contributed by atoms with van der Waals surface area (Å²) < 4.78 is 42.6. The van der Waals surface area contributed by atoms with Crippen molar-refractivity contribution >= 4 is 17.5 Å². The van der Waals surface area contributed by atoms with Gasteiger partial charge in [0, 0.05) is 0 Å². The van der Waals surface area contributed by atoms with Crippen molar-refractivity contribution in [3.63, 3.8) is 0 Å². The summed E-state index contributed by atoms with van der Waals surface area (Å²) >= 11 is 0. The van der Waals surface area contributed by atoms with Gasteiger partial charge in [-0.1, -0.05) is 6.92 Å². The van der Waals surface area contributed by atoms with Crippen LogP contribution in [0.15, 0.2) is 0 Å². The first-order chi connectivity index (χ1) is 9.04. The van der Waals surface area contributed by atoms with Gasteiger partial charge in [0.1, 0.15) is 0 Å². The SMILES string of the molecule is CCOC(=O)C(=[N+]=[N-])C(=O)[C@H](CC)[C@@](C)(O)C(F)(F)F. The van der Waals surface area contributed by atoms with Gasteiger partial charge in [0.2, 0.25) is 0 Å². The molecule has 0 fully saturated rings. The molecule has 0 saturated heterocycles. The molecule has 0 saturated carbocycles. The van der Waals surface area contributed by atoms with Crippen molar-refractivity contribution in [2.75, 3.05) is 6.61 Å². The standard InChI is InChI=1S/C11H15F3N2O4/c1-4-6(10(3,19)11(12,13)14)8(17)7(16-15)9(18)20-5-2/h6,19H,4-5H2,1-3H3/t6-,10+/m0/s1. The lowest BCUT2D eigenvalue weighted by Gasteiger charge is -2.31. The number of alkyl halides is 3. The van der Waals surface area contributed by atoms with E-state index in [1.807, 2.05) is 0 Å². The molecule has 0 unspecified atom stereocenters. The number of hydrogen-bond acceptors (Lipinski definition) is 4. The molecule has 0 rings (SSSR count). The molecule has 9 heteroatoms. The number of hydrogen-bond donors (Lipinski definition) is 1. The zero-order valence-electron chi connectivity index (χ0n) is 11.2. The van der Waals surface area contributed by atoms with E-state index >= 15 is 0 Å². The first-order valence-electron chi connectivity index (χ1n) is 5.77. The summed E-state index contributed by atoms with van der Waals surface area (Å²) in [5, 5.41) is 9.50. The van der Waals surface area contributed by atoms with Gasteiger partial charge in [0.15, 0.2) is 5.60 Å². The van der Waals surface area contributed by atoms with Crippen LogP contribution in [0.2, 0.25) is 0 Å². The van der Waals surface area contributed by atoms with E-state index in [1.54, 1.807) is 0 Å². The third-order valence-corrected chi connectivity index (χ3v) is 2.78. The van der Waals surface area contributed by atoms with Gasteiger partial charge in [-0.05, 0) is 20.3 Å². The van der Waals surface area contributed by atoms with E-state index in [4.69, 9.17) is 5.53 Å². The maximum absolute atomic E-state index is 12.7. The molecule has 0 aliphatic carbocycles. The summed E-state index contributed by atoms with van der Waals surface area (Å²) in [7, 11) is 0. The molecule has 0 aliphatic heterocycles. The van der Waals surface area contributed by atoms with E-state index < -0.39 is 41.6 Å². The summed E-state index contributed by atoms with van der Waals surface area (Å²) in [5.74, 6) is -4.77. The maximum Gasteiger partial charge on any atom is 0.441 e. The molecule has 114 valence electrons. The predicted octanol–water partition coefficient (Wildman–Crippen LogP) is 1.13. The first kappa shape index (κ1) is 18.3. The average Bonchev–Trinajstić information content (AvgIpc) is 2.29. The van der Waals surface area contributed by atoms with Crippen molar-refractivity contribution in [2.24, 2.45) is 5.92 Å². The lowest BCUT2D eigenvalue weighted by molar-refractivity contribution is -0.268. The number of nitrogens with zero attached hydrogens (tertiary/aromatic N) is 2. The van der Waals surface area contributed by atoms with Crippen molar-refractivity contribution in [1.82, 2.24) is 0 Å². The number of carbonyl (C=O) groups excluding carboxylic acids is 2. The molecule has 0 aromatic heterocycles. The molecule has 0 heterocycles. The van der Waals surface area contributed by atoms with Crippen molar-refractivity contribution in [1.29, 1.82) is 0 Å². The highest BCUT2D eigenvalue weighted by Gasteiger charge is 2.58. The molecular weight excluding hydrogens is 281 g/mol. The Labute approximate surface area is 113 Å². The zero-order valence-corrected chi connectivity index (χ0v) is 11.2. The molecule has 2 atom stereocenters. The molecule has 0 aromatic rings. The number of aliphatic hydroxyl groups is 1. The van der Waals surface area contributed by atoms with Crippen molar-refractivity contribution < 1.29 is 37.4 Å². The Morgan fingerprint density at radius 1 is 1.35 bits per heavy atom. The Balaban J connectivity index is 5.53. The van der Waals surface area contributed by atoms with Crippen molar-refractivity contribution in [3.05, 3.63) is 5.53 Å². The van der Waals surface area contributed by atoms with Crippen LogP contribution in [0.4, 0.5) is 13.2 Å². The summed E-state index contributed by atoms with van der Waals surface area (Å²) in [6.07, 6.45) is -5.50. The summed E-state index contributed by atoms with van der Waals surface area (Å²) in [5.41, 5.74) is 4.07. The first-order valence-corrected chi connectivity index (χ1v) is 5.77. The van der Waals surface area contributed by atoms with Crippen LogP contribution in [0.5, 0.6) is 0 Å². The molecule has 0 radical (unpaired) electrons. The normalized spacial score (nSPS) is 15.8. The van der Waals surface area contributed by atoms with E-state index in [2.05, 4.69) is 9.53 Å². The van der Waals surface area contributed by atoms with Crippen LogP contribution in [0.3, 0.4) is 0 Å². The van der Waals surface area contributed by atoms with E-state index in [0.29, 0.717) is 6.92 Å². The lowest BCUT2D eigenvalue weighted by atomic mass is 9.81. The smallest absolute Gasteiger partial charge is 0.441 e. The monoisotopic (exact) mass is 296 g/mol. The van der Waals surface area contributed by atoms with Gasteiger partial charge in [-0.15, -0.1) is 0 Å². The minimum Gasteiger partial charge on any atom is -0.457 e. The number of rotatable bonds is 6. The minimum absolute atomic E-state index is 0.155. The van der Waals surface area contributed by atoms with Crippen molar-refractivity contribution in [2.45, 2.75) is 39.0 Å². The van der Waals surface area contributed by atoms with Crippen LogP contribution in [0.1, 0.15) is 27.2 Å². The molecule has 0 bridgehead atoms. The van der Waals surface area contributed by atoms with E-state index in [-0.39, 0.29) is 6.61 Å². The van der Waals surface area contributed by atoms with Gasteiger partial charge in [-0.3, -0.25) is 4.79 Å². The van der Waals surface area contributed by atoms with E-state index in [0.717, 1.165) is 0 Å². The lowest BCUT2D eigenvalue weighted by Crippen LogP contribution is -2.53. The zero-order chi connectivity index (χ0) is 16.1. The maximum atomic E-state index is 12.7. The van der Waals surface area contributed by atoms with Gasteiger partial charge in [0.05, 0.1) is 12.5 Å². The van der Waals surface area contributed by atoms with Crippen LogP contribution in [0.25, 0.3) is 5.53 Å². The van der Waals surface area contributed by atoms with E-state index in [9.17, 15) is 27.9 Å². The number of Topliss-reactive ketones (excluding diaryl/α,β-unsaturated/α-hetero) is 1. The van der Waals surface area contributed by atoms with Crippen LogP contribution < -0.4 is 0 Å². The Morgan fingerprint density at radius 2 is 1.85 bits per heavy atom. The van der Waals surface area contributed by atoms with Gasteiger partial charge in [-0.25, -0.2) is 4.79 Å². The van der Waals surface area contributed by atoms with Gasteiger partial charge >= 0.3 is 17.9 Å². The molecule has 0 spiro atoms. The average molecular weight is 296 g/mol. The number of esters is 1. The molecule has 20 heavy (non-hydrogen) atoms. The predicted molar refractivity (Wildman–Crippen MR) is 60.7 cm³/mol. The Bertz CT molecular complexity index is 439. The number of carbonyl (C=O) groups is 2. The second-order valence-electron chi connectivity index (χ2n) is 4.14. The fourth-order valence-corrected chi connectivity index (χ4v) is 1.59.